The number of amides is 4. The normalized spacial score (nSPS) is 15.8. The summed E-state index contributed by atoms with van der Waals surface area (Å²) in [4.78, 5) is 52.9. The molecule has 3 rings (SSSR count). The molecule has 0 radical (unpaired) electrons. The molecule has 2 aromatic rings. The lowest BCUT2D eigenvalue weighted by molar-refractivity contribution is -0.152. The Labute approximate surface area is 192 Å². The molecule has 2 aromatic carbocycles. The van der Waals surface area contributed by atoms with E-state index in [1.54, 1.807) is 24.3 Å². The van der Waals surface area contributed by atoms with E-state index in [1.165, 1.54) is 26.0 Å². The van der Waals surface area contributed by atoms with Gasteiger partial charge in [0, 0.05) is 26.8 Å². The van der Waals surface area contributed by atoms with Crippen LogP contribution in [0.15, 0.2) is 54.6 Å². The third-order valence-electron chi connectivity index (χ3n) is 5.33. The summed E-state index contributed by atoms with van der Waals surface area (Å²) in [5, 5.41) is 2.64. The molecule has 9 heteroatoms. The molecule has 9 nitrogen and oxygen atoms in total. The SMILES string of the molecule is COC(CN(C(=O)Cc1ccccc1)C1CC(=O)N(c2ccc(NC(C)=O)cc2)C1=O)OC. The Bertz CT molecular complexity index is 1000. The number of nitrogens with zero attached hydrogens (tertiary/aromatic N) is 2. The van der Waals surface area contributed by atoms with Crippen LogP contribution in [0.25, 0.3) is 0 Å². The van der Waals surface area contributed by atoms with Gasteiger partial charge in [0.15, 0.2) is 6.29 Å². The van der Waals surface area contributed by atoms with Crippen LogP contribution in [0.3, 0.4) is 0 Å². The van der Waals surface area contributed by atoms with E-state index in [0.29, 0.717) is 11.4 Å². The second kappa shape index (κ2) is 10.8. The van der Waals surface area contributed by atoms with Gasteiger partial charge < -0.3 is 19.7 Å². The number of ether oxygens (including phenoxy) is 2. The first-order valence-corrected chi connectivity index (χ1v) is 10.5. The molecule has 1 atom stereocenters. The van der Waals surface area contributed by atoms with Crippen molar-refractivity contribution in [2.24, 2.45) is 0 Å². The molecule has 0 aliphatic carbocycles. The van der Waals surface area contributed by atoms with Gasteiger partial charge in [-0.05, 0) is 29.8 Å². The first-order chi connectivity index (χ1) is 15.8. The zero-order chi connectivity index (χ0) is 24.0. The zero-order valence-electron chi connectivity index (χ0n) is 18.8. The lowest BCUT2D eigenvalue weighted by Crippen LogP contribution is -2.49. The van der Waals surface area contributed by atoms with Crippen molar-refractivity contribution in [1.29, 1.82) is 0 Å². The van der Waals surface area contributed by atoms with Crippen LogP contribution in [-0.2, 0) is 35.1 Å². The number of benzene rings is 2. The molecular formula is C24H27N3O6. The summed E-state index contributed by atoms with van der Waals surface area (Å²) in [6, 6.07) is 14.6. The average molecular weight is 453 g/mol. The van der Waals surface area contributed by atoms with Crippen LogP contribution in [0, 0.1) is 0 Å². The van der Waals surface area contributed by atoms with E-state index in [-0.39, 0.29) is 31.2 Å². The van der Waals surface area contributed by atoms with Crippen molar-refractivity contribution in [2.45, 2.75) is 32.1 Å². The van der Waals surface area contributed by atoms with E-state index < -0.39 is 24.1 Å². The summed E-state index contributed by atoms with van der Waals surface area (Å²) in [7, 11) is 2.89. The van der Waals surface area contributed by atoms with Crippen LogP contribution in [0.1, 0.15) is 18.9 Å². The predicted octanol–water partition coefficient (Wildman–Crippen LogP) is 1.97. The lowest BCUT2D eigenvalue weighted by Gasteiger charge is -2.30. The maximum Gasteiger partial charge on any atom is 0.257 e. The van der Waals surface area contributed by atoms with Crippen molar-refractivity contribution < 1.29 is 28.7 Å². The second-order valence-electron chi connectivity index (χ2n) is 7.62. The number of rotatable bonds is 9. The van der Waals surface area contributed by atoms with E-state index in [0.717, 1.165) is 10.5 Å². The highest BCUT2D eigenvalue weighted by Gasteiger charge is 2.44. The maximum atomic E-state index is 13.3. The fourth-order valence-corrected chi connectivity index (χ4v) is 3.71. The molecule has 174 valence electrons. The number of hydrogen-bond acceptors (Lipinski definition) is 6. The standard InChI is InChI=1S/C24H27N3O6/c1-16(28)25-18-9-11-19(12-10-18)27-22(30)14-20(24(27)31)26(15-23(32-2)33-3)21(29)13-17-7-5-4-6-8-17/h4-12,20,23H,13-15H2,1-3H3,(H,25,28). The van der Waals surface area contributed by atoms with Gasteiger partial charge in [-0.25, -0.2) is 4.90 Å². The van der Waals surface area contributed by atoms with Crippen LogP contribution in [0.2, 0.25) is 0 Å². The number of carbonyl (C=O) groups is 4. The zero-order valence-corrected chi connectivity index (χ0v) is 18.8. The van der Waals surface area contributed by atoms with Crippen molar-refractivity contribution in [1.82, 2.24) is 4.90 Å². The molecule has 0 bridgehead atoms. The number of imide groups is 1. The van der Waals surface area contributed by atoms with E-state index >= 15 is 0 Å². The smallest absolute Gasteiger partial charge is 0.257 e. The fourth-order valence-electron chi connectivity index (χ4n) is 3.71. The Morgan fingerprint density at radius 2 is 1.70 bits per heavy atom. The van der Waals surface area contributed by atoms with Crippen LogP contribution in [-0.4, -0.2) is 61.6 Å². The van der Waals surface area contributed by atoms with Crippen LogP contribution in [0.5, 0.6) is 0 Å². The van der Waals surface area contributed by atoms with E-state index in [9.17, 15) is 19.2 Å². The number of nitrogens with one attached hydrogen (secondary N) is 1. The van der Waals surface area contributed by atoms with Gasteiger partial charge in [-0.15, -0.1) is 0 Å². The van der Waals surface area contributed by atoms with Gasteiger partial charge in [0.2, 0.25) is 17.7 Å². The highest BCUT2D eigenvalue weighted by Crippen LogP contribution is 2.27. The Hall–Kier alpha value is -3.56. The van der Waals surface area contributed by atoms with E-state index in [4.69, 9.17) is 9.47 Å². The summed E-state index contributed by atoms with van der Waals surface area (Å²) in [5.74, 6) is -1.45. The minimum absolute atomic E-state index is 0.00232. The monoisotopic (exact) mass is 453 g/mol. The highest BCUT2D eigenvalue weighted by molar-refractivity contribution is 6.23. The molecule has 0 aromatic heterocycles. The van der Waals surface area contributed by atoms with Gasteiger partial charge in [-0.1, -0.05) is 30.3 Å². The van der Waals surface area contributed by atoms with Gasteiger partial charge in [0.05, 0.1) is 25.1 Å². The molecular weight excluding hydrogens is 426 g/mol. The Kier molecular flexibility index (Phi) is 7.92. The summed E-state index contributed by atoms with van der Waals surface area (Å²) in [5.41, 5.74) is 1.71. The molecule has 33 heavy (non-hydrogen) atoms. The average Bonchev–Trinajstić information content (AvgIpc) is 3.09. The van der Waals surface area contributed by atoms with Crippen molar-refractivity contribution in [3.63, 3.8) is 0 Å². The molecule has 1 heterocycles. The summed E-state index contributed by atoms with van der Waals surface area (Å²) >= 11 is 0. The largest absolute Gasteiger partial charge is 0.354 e. The Morgan fingerprint density at radius 1 is 1.06 bits per heavy atom. The van der Waals surface area contributed by atoms with Gasteiger partial charge in [0.25, 0.3) is 5.91 Å². The van der Waals surface area contributed by atoms with Crippen molar-refractivity contribution in [2.75, 3.05) is 31.0 Å². The number of hydrogen-bond donors (Lipinski definition) is 1. The lowest BCUT2D eigenvalue weighted by atomic mass is 10.1. The van der Waals surface area contributed by atoms with Crippen molar-refractivity contribution in [3.8, 4) is 0 Å². The summed E-state index contributed by atoms with van der Waals surface area (Å²) < 4.78 is 10.5. The first kappa shape index (κ1) is 24.1. The van der Waals surface area contributed by atoms with Gasteiger partial charge in [0.1, 0.15) is 6.04 Å². The highest BCUT2D eigenvalue weighted by atomic mass is 16.7. The molecule has 1 saturated heterocycles. The molecule has 1 aliphatic rings. The quantitative estimate of drug-likeness (QED) is 0.460. The predicted molar refractivity (Wildman–Crippen MR) is 121 cm³/mol. The van der Waals surface area contributed by atoms with Gasteiger partial charge in [-0.2, -0.15) is 0 Å². The Balaban J connectivity index is 1.84. The maximum absolute atomic E-state index is 13.3. The minimum Gasteiger partial charge on any atom is -0.354 e. The van der Waals surface area contributed by atoms with Crippen LogP contribution >= 0.6 is 0 Å². The number of methoxy groups -OCH3 is 2. The molecule has 4 amide bonds. The summed E-state index contributed by atoms with van der Waals surface area (Å²) in [6.07, 6.45) is -0.823. The van der Waals surface area contributed by atoms with Crippen molar-refractivity contribution in [3.05, 3.63) is 60.2 Å². The first-order valence-electron chi connectivity index (χ1n) is 10.5. The third kappa shape index (κ3) is 5.82. The fraction of sp³-hybridized carbons (Fsp3) is 0.333. The number of carbonyl (C=O) groups excluding carboxylic acids is 4. The molecule has 1 N–H and O–H groups in total. The number of anilines is 2. The molecule has 0 spiro atoms. The van der Waals surface area contributed by atoms with E-state index in [1.807, 2.05) is 30.3 Å². The van der Waals surface area contributed by atoms with Crippen LogP contribution < -0.4 is 10.2 Å². The topological polar surface area (TPSA) is 105 Å². The van der Waals surface area contributed by atoms with Crippen molar-refractivity contribution >= 4 is 35.0 Å². The van der Waals surface area contributed by atoms with Crippen LogP contribution in [0.4, 0.5) is 11.4 Å². The van der Waals surface area contributed by atoms with Gasteiger partial charge >= 0.3 is 0 Å². The summed E-state index contributed by atoms with van der Waals surface area (Å²) in [6.45, 7) is 1.39. The molecule has 1 aliphatic heterocycles. The molecule has 1 fully saturated rings. The third-order valence-corrected chi connectivity index (χ3v) is 5.33. The minimum atomic E-state index is -0.975. The van der Waals surface area contributed by atoms with E-state index in [2.05, 4.69) is 5.32 Å². The van der Waals surface area contributed by atoms with Gasteiger partial charge in [-0.3, -0.25) is 19.2 Å². The second-order valence-corrected chi connectivity index (χ2v) is 7.62. The Morgan fingerprint density at radius 3 is 2.27 bits per heavy atom. The molecule has 1 unspecified atom stereocenters. The molecule has 0 saturated carbocycles.